The Morgan fingerprint density at radius 2 is 1.90 bits per heavy atom. The molecule has 0 bridgehead atoms. The van der Waals surface area contributed by atoms with Gasteiger partial charge in [0, 0.05) is 22.0 Å². The fourth-order valence-corrected chi connectivity index (χ4v) is 2.84. The lowest BCUT2D eigenvalue weighted by Crippen LogP contribution is -2.02. The molecule has 0 saturated heterocycles. The first-order chi connectivity index (χ1) is 10.0. The summed E-state index contributed by atoms with van der Waals surface area (Å²) < 4.78 is 5.67. The Labute approximate surface area is 139 Å². The van der Waals surface area contributed by atoms with Gasteiger partial charge in [-0.15, -0.1) is 0 Å². The zero-order valence-corrected chi connectivity index (χ0v) is 13.8. The number of alkyl halides is 1. The van der Waals surface area contributed by atoms with Crippen LogP contribution in [0.15, 0.2) is 36.4 Å². The number of para-hydroxylation sites is 1. The van der Waals surface area contributed by atoms with Crippen LogP contribution in [0.5, 0.6) is 5.75 Å². The van der Waals surface area contributed by atoms with E-state index in [1.54, 1.807) is 30.3 Å². The summed E-state index contributed by atoms with van der Waals surface area (Å²) in [4.78, 5) is 10.5. The Hall–Kier alpha value is -1.30. The van der Waals surface area contributed by atoms with E-state index in [1.165, 1.54) is 6.07 Å². The number of nitro groups is 1. The third-order valence-corrected chi connectivity index (χ3v) is 3.89. The number of nitro benzene ring substituents is 1. The number of benzene rings is 2. The molecule has 0 radical (unpaired) electrons. The normalized spacial score (nSPS) is 10.4. The van der Waals surface area contributed by atoms with Gasteiger partial charge in [-0.25, -0.2) is 0 Å². The van der Waals surface area contributed by atoms with Crippen LogP contribution in [0.4, 0.5) is 5.69 Å². The lowest BCUT2D eigenvalue weighted by molar-refractivity contribution is -0.385. The molecule has 0 heterocycles. The second-order valence-electron chi connectivity index (χ2n) is 4.18. The Balaban J connectivity index is 2.27. The van der Waals surface area contributed by atoms with Crippen LogP contribution in [0.25, 0.3) is 0 Å². The molecule has 0 aromatic heterocycles. The van der Waals surface area contributed by atoms with Gasteiger partial charge in [0.1, 0.15) is 12.4 Å². The van der Waals surface area contributed by atoms with Crippen molar-refractivity contribution in [2.45, 2.75) is 11.9 Å². The monoisotopic (exact) mass is 389 g/mol. The number of ether oxygens (including phenoxy) is 1. The zero-order valence-electron chi connectivity index (χ0n) is 10.7. The fourth-order valence-electron chi connectivity index (χ4n) is 1.84. The van der Waals surface area contributed by atoms with Gasteiger partial charge in [-0.1, -0.05) is 51.3 Å². The summed E-state index contributed by atoms with van der Waals surface area (Å²) in [5, 5.41) is 12.4. The van der Waals surface area contributed by atoms with Gasteiger partial charge < -0.3 is 4.74 Å². The summed E-state index contributed by atoms with van der Waals surface area (Å²) >= 11 is 15.4. The predicted molar refractivity (Wildman–Crippen MR) is 86.5 cm³/mol. The maximum absolute atomic E-state index is 11.0. The van der Waals surface area contributed by atoms with E-state index in [1.807, 2.05) is 0 Å². The molecule has 0 aliphatic rings. The fraction of sp³-hybridized carbons (Fsp3) is 0.143. The van der Waals surface area contributed by atoms with E-state index in [4.69, 9.17) is 27.9 Å². The van der Waals surface area contributed by atoms with Crippen LogP contribution in [0.1, 0.15) is 11.1 Å². The molecule has 2 aromatic carbocycles. The van der Waals surface area contributed by atoms with Crippen molar-refractivity contribution in [3.05, 3.63) is 67.7 Å². The average Bonchev–Trinajstić information content (AvgIpc) is 2.45. The largest absolute Gasteiger partial charge is 0.487 e. The first-order valence-electron chi connectivity index (χ1n) is 5.92. The van der Waals surface area contributed by atoms with Crippen LogP contribution in [0.2, 0.25) is 10.0 Å². The smallest absolute Gasteiger partial charge is 0.276 e. The number of nitrogens with zero attached hydrogens (tertiary/aromatic N) is 1. The molecule has 110 valence electrons. The average molecular weight is 391 g/mol. The third kappa shape index (κ3) is 3.87. The molecular formula is C14H10BrCl2NO3. The predicted octanol–water partition coefficient (Wildman–Crippen LogP) is 5.38. The minimum atomic E-state index is -0.437. The maximum Gasteiger partial charge on any atom is 0.276 e. The van der Waals surface area contributed by atoms with E-state index >= 15 is 0 Å². The lowest BCUT2D eigenvalue weighted by atomic mass is 10.2. The van der Waals surface area contributed by atoms with E-state index in [0.29, 0.717) is 26.7 Å². The molecule has 4 nitrogen and oxygen atoms in total. The van der Waals surface area contributed by atoms with Gasteiger partial charge in [-0.2, -0.15) is 0 Å². The molecule has 0 amide bonds. The number of hydrogen-bond acceptors (Lipinski definition) is 3. The molecular weight excluding hydrogens is 381 g/mol. The summed E-state index contributed by atoms with van der Waals surface area (Å²) in [7, 11) is 0. The van der Waals surface area contributed by atoms with Crippen molar-refractivity contribution in [3.8, 4) is 5.75 Å². The van der Waals surface area contributed by atoms with E-state index in [-0.39, 0.29) is 12.3 Å². The SMILES string of the molecule is O=[N+]([O-])c1ccccc1COc1c(Cl)cc(Cl)cc1CBr. The van der Waals surface area contributed by atoms with Gasteiger partial charge in [-0.3, -0.25) is 10.1 Å². The van der Waals surface area contributed by atoms with Crippen LogP contribution >= 0.6 is 39.1 Å². The highest BCUT2D eigenvalue weighted by molar-refractivity contribution is 9.08. The van der Waals surface area contributed by atoms with Crippen molar-refractivity contribution < 1.29 is 9.66 Å². The quantitative estimate of drug-likeness (QED) is 0.391. The van der Waals surface area contributed by atoms with Gasteiger partial charge in [0.2, 0.25) is 0 Å². The van der Waals surface area contributed by atoms with Crippen molar-refractivity contribution in [1.82, 2.24) is 0 Å². The first kappa shape index (κ1) is 16.1. The van der Waals surface area contributed by atoms with Crippen LogP contribution < -0.4 is 4.74 Å². The number of hydrogen-bond donors (Lipinski definition) is 0. The minimum Gasteiger partial charge on any atom is -0.487 e. The van der Waals surface area contributed by atoms with E-state index in [0.717, 1.165) is 5.56 Å². The van der Waals surface area contributed by atoms with Gasteiger partial charge in [0.05, 0.1) is 15.5 Å². The number of rotatable bonds is 5. The molecule has 0 N–H and O–H groups in total. The summed E-state index contributed by atoms with van der Waals surface area (Å²) in [5.41, 5.74) is 1.28. The van der Waals surface area contributed by atoms with Crippen LogP contribution in [-0.4, -0.2) is 4.92 Å². The first-order valence-corrected chi connectivity index (χ1v) is 7.79. The topological polar surface area (TPSA) is 52.4 Å². The Bertz CT molecular complexity index is 679. The van der Waals surface area contributed by atoms with Crippen molar-refractivity contribution in [2.75, 3.05) is 0 Å². The maximum atomic E-state index is 11.0. The van der Waals surface area contributed by atoms with Gasteiger partial charge in [0.15, 0.2) is 0 Å². The Morgan fingerprint density at radius 3 is 2.57 bits per heavy atom. The van der Waals surface area contributed by atoms with Crippen molar-refractivity contribution in [2.24, 2.45) is 0 Å². The van der Waals surface area contributed by atoms with Gasteiger partial charge in [0.25, 0.3) is 5.69 Å². The minimum absolute atomic E-state index is 0.0166. The van der Waals surface area contributed by atoms with Crippen molar-refractivity contribution >= 4 is 44.8 Å². The lowest BCUT2D eigenvalue weighted by Gasteiger charge is -2.12. The van der Waals surface area contributed by atoms with E-state index < -0.39 is 4.92 Å². The van der Waals surface area contributed by atoms with E-state index in [2.05, 4.69) is 15.9 Å². The summed E-state index contributed by atoms with van der Waals surface area (Å²) in [6, 6.07) is 9.73. The number of halogens is 3. The van der Waals surface area contributed by atoms with Gasteiger partial charge >= 0.3 is 0 Å². The molecule has 0 aliphatic carbocycles. The summed E-state index contributed by atoms with van der Waals surface area (Å²) in [6.07, 6.45) is 0. The molecule has 21 heavy (non-hydrogen) atoms. The highest BCUT2D eigenvalue weighted by Crippen LogP contribution is 2.34. The standard InChI is InChI=1S/C14H10BrCl2NO3/c15-7-10-5-11(16)6-12(17)14(10)21-8-9-3-1-2-4-13(9)18(19)20/h1-6H,7-8H2. The highest BCUT2D eigenvalue weighted by Gasteiger charge is 2.15. The van der Waals surface area contributed by atoms with Gasteiger partial charge in [-0.05, 0) is 18.2 Å². The van der Waals surface area contributed by atoms with Crippen molar-refractivity contribution in [3.63, 3.8) is 0 Å². The molecule has 0 saturated carbocycles. The summed E-state index contributed by atoms with van der Waals surface area (Å²) in [6.45, 7) is 0.0541. The van der Waals surface area contributed by atoms with Crippen LogP contribution in [-0.2, 0) is 11.9 Å². The molecule has 0 fully saturated rings. The third-order valence-electron chi connectivity index (χ3n) is 2.79. The molecule has 0 aliphatic heterocycles. The Kier molecular flexibility index (Phi) is 5.45. The van der Waals surface area contributed by atoms with Crippen molar-refractivity contribution in [1.29, 1.82) is 0 Å². The molecule has 0 spiro atoms. The Morgan fingerprint density at radius 1 is 1.19 bits per heavy atom. The second-order valence-corrected chi connectivity index (χ2v) is 5.59. The molecule has 2 aromatic rings. The molecule has 2 rings (SSSR count). The highest BCUT2D eigenvalue weighted by atomic mass is 79.9. The zero-order chi connectivity index (χ0) is 15.4. The summed E-state index contributed by atoms with van der Waals surface area (Å²) in [5.74, 6) is 0.469. The molecule has 0 unspecified atom stereocenters. The molecule has 7 heteroatoms. The van der Waals surface area contributed by atoms with Crippen LogP contribution in [0.3, 0.4) is 0 Å². The molecule has 0 atom stereocenters. The van der Waals surface area contributed by atoms with E-state index in [9.17, 15) is 10.1 Å². The second kappa shape index (κ2) is 7.11. The van der Waals surface area contributed by atoms with Crippen LogP contribution in [0, 0.1) is 10.1 Å².